The lowest BCUT2D eigenvalue weighted by Crippen LogP contribution is -2.60. The van der Waals surface area contributed by atoms with Gasteiger partial charge in [-0.3, -0.25) is 14.4 Å². The van der Waals surface area contributed by atoms with Gasteiger partial charge in [-0.15, -0.1) is 11.3 Å². The largest absolute Gasteiger partial charge is 0.347 e. The molecule has 0 saturated carbocycles. The second-order valence-electron chi connectivity index (χ2n) is 5.24. The molecule has 0 unspecified atom stereocenters. The van der Waals surface area contributed by atoms with Crippen molar-refractivity contribution in [1.82, 2.24) is 15.5 Å². The van der Waals surface area contributed by atoms with E-state index in [0.717, 1.165) is 0 Å². The third-order valence-corrected chi connectivity index (χ3v) is 5.11. The molecule has 0 aliphatic carbocycles. The van der Waals surface area contributed by atoms with Crippen molar-refractivity contribution in [3.8, 4) is 0 Å². The van der Waals surface area contributed by atoms with Crippen LogP contribution in [-0.4, -0.2) is 47.3 Å². The standard InChI is InChI=1S/C13H14ClN3O3S/c1-6-13(20)17-5-7(4-9(17)11(18)15-6)16-12(19)10-8(14)2-3-21-10/h2-3,6-7,9H,4-5H2,1H3,(H,15,18)(H,16,19)/t6-,7-,9-/m0/s1. The van der Waals surface area contributed by atoms with Gasteiger partial charge in [-0.2, -0.15) is 0 Å². The molecule has 1 aromatic heterocycles. The summed E-state index contributed by atoms with van der Waals surface area (Å²) < 4.78 is 0. The fraction of sp³-hybridized carbons (Fsp3) is 0.462. The van der Waals surface area contributed by atoms with Gasteiger partial charge in [0, 0.05) is 12.6 Å². The third-order valence-electron chi connectivity index (χ3n) is 3.77. The number of nitrogens with zero attached hydrogens (tertiary/aromatic N) is 1. The maximum Gasteiger partial charge on any atom is 0.263 e. The van der Waals surface area contributed by atoms with E-state index in [1.165, 1.54) is 11.3 Å². The summed E-state index contributed by atoms with van der Waals surface area (Å²) >= 11 is 7.19. The smallest absolute Gasteiger partial charge is 0.263 e. The average Bonchev–Trinajstić information content (AvgIpc) is 3.03. The van der Waals surface area contributed by atoms with Gasteiger partial charge in [0.15, 0.2) is 0 Å². The summed E-state index contributed by atoms with van der Waals surface area (Å²) in [5.74, 6) is -0.528. The van der Waals surface area contributed by atoms with Crippen LogP contribution >= 0.6 is 22.9 Å². The highest BCUT2D eigenvalue weighted by Crippen LogP contribution is 2.25. The molecule has 3 heterocycles. The molecule has 0 bridgehead atoms. The Hall–Kier alpha value is -1.60. The van der Waals surface area contributed by atoms with E-state index in [4.69, 9.17) is 11.6 Å². The first-order chi connectivity index (χ1) is 9.97. The first kappa shape index (κ1) is 14.3. The Kier molecular flexibility index (Phi) is 3.62. The van der Waals surface area contributed by atoms with Crippen LogP contribution in [0.2, 0.25) is 5.02 Å². The van der Waals surface area contributed by atoms with Gasteiger partial charge >= 0.3 is 0 Å². The number of amides is 3. The van der Waals surface area contributed by atoms with E-state index in [1.807, 2.05) is 0 Å². The maximum absolute atomic E-state index is 12.1. The maximum atomic E-state index is 12.1. The van der Waals surface area contributed by atoms with Crippen LogP contribution in [0.3, 0.4) is 0 Å². The zero-order valence-corrected chi connectivity index (χ0v) is 12.8. The van der Waals surface area contributed by atoms with Crippen molar-refractivity contribution in [2.24, 2.45) is 0 Å². The van der Waals surface area contributed by atoms with Crippen LogP contribution in [0.4, 0.5) is 0 Å². The molecule has 6 nitrogen and oxygen atoms in total. The number of fused-ring (bicyclic) bond motifs is 1. The highest BCUT2D eigenvalue weighted by Gasteiger charge is 2.45. The topological polar surface area (TPSA) is 78.5 Å². The molecule has 8 heteroatoms. The number of piperazine rings is 1. The summed E-state index contributed by atoms with van der Waals surface area (Å²) in [4.78, 5) is 38.1. The fourth-order valence-corrected chi connectivity index (χ4v) is 3.80. The minimum atomic E-state index is -0.505. The Labute approximate surface area is 130 Å². The van der Waals surface area contributed by atoms with Gasteiger partial charge in [0.1, 0.15) is 17.0 Å². The highest BCUT2D eigenvalue weighted by atomic mass is 35.5. The molecule has 0 spiro atoms. The Balaban J connectivity index is 1.70. The van der Waals surface area contributed by atoms with E-state index in [9.17, 15) is 14.4 Å². The summed E-state index contributed by atoms with van der Waals surface area (Å²) in [6.07, 6.45) is 0.430. The van der Waals surface area contributed by atoms with Crippen molar-refractivity contribution in [3.63, 3.8) is 0 Å². The molecule has 1 aromatic rings. The Morgan fingerprint density at radius 1 is 1.52 bits per heavy atom. The minimum absolute atomic E-state index is 0.106. The molecule has 2 N–H and O–H groups in total. The van der Waals surface area contributed by atoms with Gasteiger partial charge in [0.2, 0.25) is 11.8 Å². The number of hydrogen-bond acceptors (Lipinski definition) is 4. The SMILES string of the molecule is C[C@@H]1NC(=O)[C@@H]2C[C@H](NC(=O)c3sccc3Cl)CN2C1=O. The van der Waals surface area contributed by atoms with Crippen molar-refractivity contribution in [2.45, 2.75) is 31.5 Å². The molecule has 2 aliphatic heterocycles. The zero-order chi connectivity index (χ0) is 15.1. The predicted octanol–water partition coefficient (Wildman–Crippen LogP) is 0.619. The van der Waals surface area contributed by atoms with Crippen LogP contribution in [0, 0.1) is 0 Å². The molecule has 2 aliphatic rings. The fourth-order valence-electron chi connectivity index (χ4n) is 2.76. The molecule has 112 valence electrons. The number of carbonyl (C=O) groups is 3. The van der Waals surface area contributed by atoms with Crippen molar-refractivity contribution in [2.75, 3.05) is 6.54 Å². The molecular weight excluding hydrogens is 314 g/mol. The van der Waals surface area contributed by atoms with Crippen molar-refractivity contribution < 1.29 is 14.4 Å². The van der Waals surface area contributed by atoms with Gasteiger partial charge in [-0.05, 0) is 24.8 Å². The summed E-state index contributed by atoms with van der Waals surface area (Å²) in [6, 6.07) is 0.436. The lowest BCUT2D eigenvalue weighted by atomic mass is 10.1. The summed E-state index contributed by atoms with van der Waals surface area (Å²) in [5.41, 5.74) is 0. The molecule has 3 rings (SSSR count). The average molecular weight is 328 g/mol. The normalized spacial score (nSPS) is 28.3. The van der Waals surface area contributed by atoms with Gasteiger partial charge in [0.05, 0.1) is 5.02 Å². The number of halogens is 1. The Morgan fingerprint density at radius 2 is 2.29 bits per heavy atom. The lowest BCUT2D eigenvalue weighted by molar-refractivity contribution is -0.146. The van der Waals surface area contributed by atoms with E-state index in [2.05, 4.69) is 10.6 Å². The number of nitrogens with one attached hydrogen (secondary N) is 2. The molecule has 3 atom stereocenters. The molecule has 0 aromatic carbocycles. The van der Waals surface area contributed by atoms with Crippen molar-refractivity contribution in [3.05, 3.63) is 21.3 Å². The first-order valence-electron chi connectivity index (χ1n) is 6.62. The molecule has 2 fully saturated rings. The van der Waals surface area contributed by atoms with E-state index < -0.39 is 12.1 Å². The van der Waals surface area contributed by atoms with Gasteiger partial charge in [-0.25, -0.2) is 0 Å². The number of hydrogen-bond donors (Lipinski definition) is 2. The van der Waals surface area contributed by atoms with E-state index >= 15 is 0 Å². The van der Waals surface area contributed by atoms with E-state index in [-0.39, 0.29) is 23.8 Å². The summed E-state index contributed by atoms with van der Waals surface area (Å²) in [6.45, 7) is 2.02. The molecule has 3 amide bonds. The highest BCUT2D eigenvalue weighted by molar-refractivity contribution is 7.12. The monoisotopic (exact) mass is 327 g/mol. The van der Waals surface area contributed by atoms with Crippen LogP contribution in [0.5, 0.6) is 0 Å². The second-order valence-corrected chi connectivity index (χ2v) is 6.56. The Morgan fingerprint density at radius 3 is 2.95 bits per heavy atom. The molecular formula is C13H14ClN3O3S. The minimum Gasteiger partial charge on any atom is -0.347 e. The number of thiophene rings is 1. The number of rotatable bonds is 2. The predicted molar refractivity (Wildman–Crippen MR) is 78.3 cm³/mol. The number of carbonyl (C=O) groups excluding carboxylic acids is 3. The first-order valence-corrected chi connectivity index (χ1v) is 7.88. The lowest BCUT2D eigenvalue weighted by Gasteiger charge is -2.32. The van der Waals surface area contributed by atoms with Crippen LogP contribution < -0.4 is 10.6 Å². The zero-order valence-electron chi connectivity index (χ0n) is 11.3. The third kappa shape index (κ3) is 2.51. The van der Waals surface area contributed by atoms with Crippen LogP contribution in [-0.2, 0) is 9.59 Å². The van der Waals surface area contributed by atoms with E-state index in [0.29, 0.717) is 22.9 Å². The van der Waals surface area contributed by atoms with Crippen LogP contribution in [0.15, 0.2) is 11.4 Å². The van der Waals surface area contributed by atoms with Crippen LogP contribution in [0.25, 0.3) is 0 Å². The van der Waals surface area contributed by atoms with Gasteiger partial charge in [0.25, 0.3) is 5.91 Å². The molecule has 0 radical (unpaired) electrons. The van der Waals surface area contributed by atoms with Crippen molar-refractivity contribution in [1.29, 1.82) is 0 Å². The van der Waals surface area contributed by atoms with E-state index in [1.54, 1.807) is 23.3 Å². The van der Waals surface area contributed by atoms with Crippen LogP contribution in [0.1, 0.15) is 23.0 Å². The summed E-state index contributed by atoms with van der Waals surface area (Å²) in [7, 11) is 0. The molecule has 21 heavy (non-hydrogen) atoms. The van der Waals surface area contributed by atoms with Gasteiger partial charge in [-0.1, -0.05) is 11.6 Å². The molecule has 2 saturated heterocycles. The Bertz CT molecular complexity index is 618. The second kappa shape index (κ2) is 5.31. The summed E-state index contributed by atoms with van der Waals surface area (Å²) in [5, 5.41) is 7.65. The van der Waals surface area contributed by atoms with Gasteiger partial charge < -0.3 is 15.5 Å². The quantitative estimate of drug-likeness (QED) is 0.836. The van der Waals surface area contributed by atoms with Crippen molar-refractivity contribution >= 4 is 40.7 Å².